The molecule has 1 N–H and O–H groups in total. The molecule has 0 aliphatic heterocycles. The van der Waals surface area contributed by atoms with Gasteiger partial charge in [0.2, 0.25) is 5.91 Å². The number of aromatic nitrogens is 2. The van der Waals surface area contributed by atoms with Crippen molar-refractivity contribution in [2.45, 2.75) is 25.9 Å². The van der Waals surface area contributed by atoms with E-state index in [1.165, 1.54) is 6.92 Å². The molecular formula is C11H16N4O5S. The van der Waals surface area contributed by atoms with E-state index in [4.69, 9.17) is 4.74 Å². The zero-order chi connectivity index (χ0) is 16.0. The fourth-order valence-corrected chi connectivity index (χ4v) is 1.71. The van der Waals surface area contributed by atoms with Gasteiger partial charge >= 0.3 is 11.7 Å². The van der Waals surface area contributed by atoms with Crippen LogP contribution in [0.2, 0.25) is 0 Å². The van der Waals surface area contributed by atoms with Gasteiger partial charge in [-0.15, -0.1) is 0 Å². The predicted molar refractivity (Wildman–Crippen MR) is 76.0 cm³/mol. The Morgan fingerprint density at radius 1 is 1.62 bits per heavy atom. The Kier molecular flexibility index (Phi) is 6.15. The number of hydrogen-bond acceptors (Lipinski definition) is 7. The molecule has 0 aliphatic carbocycles. The first-order valence-corrected chi connectivity index (χ1v) is 6.80. The molecule has 0 aromatic carbocycles. The first-order chi connectivity index (χ1) is 9.90. The van der Waals surface area contributed by atoms with Crippen LogP contribution in [0.1, 0.15) is 19.9 Å². The molecule has 0 saturated carbocycles. The van der Waals surface area contributed by atoms with E-state index in [2.05, 4.69) is 23.0 Å². The number of nitrogens with one attached hydrogen (secondary N) is 1. The van der Waals surface area contributed by atoms with Crippen molar-refractivity contribution in [3.05, 3.63) is 22.5 Å². The van der Waals surface area contributed by atoms with Crippen molar-refractivity contribution in [3.8, 4) is 0 Å². The van der Waals surface area contributed by atoms with Crippen molar-refractivity contribution < 1.29 is 19.2 Å². The highest BCUT2D eigenvalue weighted by atomic mass is 32.1. The molecule has 0 bridgehead atoms. The van der Waals surface area contributed by atoms with Gasteiger partial charge < -0.3 is 10.1 Å². The van der Waals surface area contributed by atoms with Gasteiger partial charge in [-0.2, -0.15) is 17.7 Å². The quantitative estimate of drug-likeness (QED) is 0.324. The van der Waals surface area contributed by atoms with E-state index in [0.29, 0.717) is 0 Å². The Morgan fingerprint density at radius 3 is 2.76 bits per heavy atom. The molecule has 1 rings (SSSR count). The van der Waals surface area contributed by atoms with Crippen LogP contribution in [0.15, 0.2) is 12.4 Å². The normalized spacial score (nSPS) is 13.3. The van der Waals surface area contributed by atoms with Gasteiger partial charge in [-0.1, -0.05) is 0 Å². The second-order valence-corrected chi connectivity index (χ2v) is 4.47. The molecule has 0 spiro atoms. The Hall–Kier alpha value is -2.10. The van der Waals surface area contributed by atoms with E-state index in [-0.39, 0.29) is 18.0 Å². The summed E-state index contributed by atoms with van der Waals surface area (Å²) in [5, 5.41) is 16.8. The molecule has 0 unspecified atom stereocenters. The summed E-state index contributed by atoms with van der Waals surface area (Å²) >= 11 is 3.98. The van der Waals surface area contributed by atoms with E-state index < -0.39 is 28.9 Å². The van der Waals surface area contributed by atoms with Gasteiger partial charge in [0.05, 0.1) is 11.5 Å². The predicted octanol–water partition coefficient (Wildman–Crippen LogP) is 0.330. The Labute approximate surface area is 126 Å². The Bertz CT molecular complexity index is 532. The van der Waals surface area contributed by atoms with Crippen molar-refractivity contribution in [3.63, 3.8) is 0 Å². The lowest BCUT2D eigenvalue weighted by Gasteiger charge is -2.18. The number of hydrogen-bond donors (Lipinski definition) is 2. The van der Waals surface area contributed by atoms with Crippen LogP contribution in [0.25, 0.3) is 0 Å². The number of ether oxygens (including phenoxy) is 1. The largest absolute Gasteiger partial charge is 0.464 e. The first kappa shape index (κ1) is 17.0. The highest BCUT2D eigenvalue weighted by Gasteiger charge is 2.25. The summed E-state index contributed by atoms with van der Waals surface area (Å²) in [5.74, 6) is -1.02. The maximum absolute atomic E-state index is 12.0. The molecule has 1 amide bonds. The summed E-state index contributed by atoms with van der Waals surface area (Å²) in [5.41, 5.74) is -0.217. The van der Waals surface area contributed by atoms with E-state index >= 15 is 0 Å². The maximum atomic E-state index is 12.0. The molecule has 0 saturated heterocycles. The minimum atomic E-state index is -0.881. The van der Waals surface area contributed by atoms with E-state index in [1.807, 2.05) is 0 Å². The van der Waals surface area contributed by atoms with E-state index in [1.54, 1.807) is 6.92 Å². The maximum Gasteiger partial charge on any atom is 0.329 e. The molecule has 1 aromatic heterocycles. The summed E-state index contributed by atoms with van der Waals surface area (Å²) in [6.07, 6.45) is 2.19. The second-order valence-electron chi connectivity index (χ2n) is 4.11. The first-order valence-electron chi connectivity index (χ1n) is 6.17. The smallest absolute Gasteiger partial charge is 0.329 e. The van der Waals surface area contributed by atoms with Gasteiger partial charge in [0.1, 0.15) is 24.5 Å². The lowest BCUT2D eigenvalue weighted by molar-refractivity contribution is -0.385. The molecule has 21 heavy (non-hydrogen) atoms. The number of amides is 1. The molecule has 9 nitrogen and oxygen atoms in total. The average Bonchev–Trinajstić information content (AvgIpc) is 2.93. The van der Waals surface area contributed by atoms with Crippen molar-refractivity contribution in [1.82, 2.24) is 15.1 Å². The van der Waals surface area contributed by atoms with Gasteiger partial charge in [0.15, 0.2) is 0 Å². The summed E-state index contributed by atoms with van der Waals surface area (Å²) < 4.78 is 5.95. The number of esters is 1. The molecule has 0 radical (unpaired) electrons. The van der Waals surface area contributed by atoms with Gasteiger partial charge in [-0.3, -0.25) is 19.6 Å². The topological polar surface area (TPSA) is 116 Å². The number of rotatable bonds is 7. The van der Waals surface area contributed by atoms with Gasteiger partial charge in [0, 0.05) is 5.75 Å². The number of carbonyl (C=O) groups excluding carboxylic acids is 2. The van der Waals surface area contributed by atoms with Gasteiger partial charge in [0.25, 0.3) is 0 Å². The lowest BCUT2D eigenvalue weighted by Crippen LogP contribution is -2.45. The highest BCUT2D eigenvalue weighted by Crippen LogP contribution is 2.13. The van der Waals surface area contributed by atoms with Crippen molar-refractivity contribution >= 4 is 30.2 Å². The van der Waals surface area contributed by atoms with Crippen LogP contribution in [-0.2, 0) is 14.3 Å². The third kappa shape index (κ3) is 4.45. The second kappa shape index (κ2) is 7.62. The molecular weight excluding hydrogens is 300 g/mol. The van der Waals surface area contributed by atoms with Crippen molar-refractivity contribution in [2.24, 2.45) is 0 Å². The Balaban J connectivity index is 2.72. The average molecular weight is 316 g/mol. The highest BCUT2D eigenvalue weighted by molar-refractivity contribution is 7.80. The summed E-state index contributed by atoms with van der Waals surface area (Å²) in [6.45, 7) is 3.35. The van der Waals surface area contributed by atoms with Crippen LogP contribution in [-0.4, -0.2) is 45.0 Å². The van der Waals surface area contributed by atoms with Gasteiger partial charge in [-0.05, 0) is 13.8 Å². The van der Waals surface area contributed by atoms with Crippen LogP contribution in [0.4, 0.5) is 5.69 Å². The SMILES string of the molecule is CCOC(=O)[C@H](CS)NC(=O)[C@H](C)n1cc([N+](=O)[O-])cn1. The fourth-order valence-electron chi connectivity index (χ4n) is 1.47. The molecule has 2 atom stereocenters. The fraction of sp³-hybridized carbons (Fsp3) is 0.545. The molecule has 0 aliphatic rings. The zero-order valence-electron chi connectivity index (χ0n) is 11.6. The number of nitro groups is 1. The molecule has 0 fully saturated rings. The molecule has 10 heteroatoms. The van der Waals surface area contributed by atoms with Crippen LogP contribution in [0.5, 0.6) is 0 Å². The third-order valence-electron chi connectivity index (χ3n) is 2.65. The van der Waals surface area contributed by atoms with Crippen molar-refractivity contribution in [2.75, 3.05) is 12.4 Å². The standard InChI is InChI=1S/C11H16N4O5S/c1-3-20-11(17)9(6-21)13-10(16)7(2)14-5-8(4-12-14)15(18)19/h4-5,7,9,21H,3,6H2,1-2H3,(H,13,16)/t7-,9-/m0/s1. The summed E-state index contributed by atoms with van der Waals surface area (Å²) in [6, 6.07) is -1.69. The zero-order valence-corrected chi connectivity index (χ0v) is 12.4. The Morgan fingerprint density at radius 2 is 2.29 bits per heavy atom. The summed E-state index contributed by atoms with van der Waals surface area (Å²) in [7, 11) is 0. The van der Waals surface area contributed by atoms with Crippen molar-refractivity contribution in [1.29, 1.82) is 0 Å². The van der Waals surface area contributed by atoms with Gasteiger partial charge in [-0.25, -0.2) is 4.79 Å². The molecule has 1 aromatic rings. The molecule has 1 heterocycles. The van der Waals surface area contributed by atoms with Crippen LogP contribution >= 0.6 is 12.6 Å². The minimum Gasteiger partial charge on any atom is -0.464 e. The number of nitrogens with zero attached hydrogens (tertiary/aromatic N) is 3. The van der Waals surface area contributed by atoms with Crippen LogP contribution < -0.4 is 5.32 Å². The lowest BCUT2D eigenvalue weighted by atomic mass is 10.2. The number of carbonyl (C=O) groups is 2. The van der Waals surface area contributed by atoms with Crippen LogP contribution in [0, 0.1) is 10.1 Å². The minimum absolute atomic E-state index is 0.0799. The van der Waals surface area contributed by atoms with Crippen LogP contribution in [0.3, 0.4) is 0 Å². The van der Waals surface area contributed by atoms with E-state index in [0.717, 1.165) is 17.1 Å². The third-order valence-corrected chi connectivity index (χ3v) is 3.01. The van der Waals surface area contributed by atoms with E-state index in [9.17, 15) is 19.7 Å². The number of thiol groups is 1. The molecule has 116 valence electrons. The summed E-state index contributed by atoms with van der Waals surface area (Å²) in [4.78, 5) is 33.5. The monoisotopic (exact) mass is 316 g/mol.